The summed E-state index contributed by atoms with van der Waals surface area (Å²) in [5.74, 6) is -0.00639. The molecule has 0 aliphatic rings. The first-order valence-electron chi connectivity index (χ1n) is 6.73. The SMILES string of the molecule is CC(NC(=O)CC(N)CC(C)(C)C)c1cccnc1. The highest BCUT2D eigenvalue weighted by atomic mass is 16.1. The van der Waals surface area contributed by atoms with E-state index in [4.69, 9.17) is 5.73 Å². The highest BCUT2D eigenvalue weighted by Crippen LogP contribution is 2.21. The molecule has 0 aromatic carbocycles. The minimum absolute atomic E-state index is 0.00639. The molecule has 1 rings (SSSR count). The Kier molecular flexibility index (Phi) is 5.48. The van der Waals surface area contributed by atoms with Crippen LogP contribution in [-0.2, 0) is 4.79 Å². The fourth-order valence-corrected chi connectivity index (χ4v) is 2.11. The first-order chi connectivity index (χ1) is 8.78. The van der Waals surface area contributed by atoms with E-state index in [2.05, 4.69) is 31.1 Å². The molecule has 2 unspecified atom stereocenters. The monoisotopic (exact) mass is 263 g/mol. The molecule has 3 N–H and O–H groups in total. The Morgan fingerprint density at radius 2 is 2.16 bits per heavy atom. The maximum Gasteiger partial charge on any atom is 0.222 e. The third kappa shape index (κ3) is 6.34. The van der Waals surface area contributed by atoms with E-state index in [9.17, 15) is 4.79 Å². The molecule has 1 heterocycles. The van der Waals surface area contributed by atoms with Crippen LogP contribution >= 0.6 is 0 Å². The number of rotatable bonds is 5. The fraction of sp³-hybridized carbons (Fsp3) is 0.600. The average Bonchev–Trinajstić information content (AvgIpc) is 2.27. The average molecular weight is 263 g/mol. The Hall–Kier alpha value is -1.42. The number of carbonyl (C=O) groups excluding carboxylic acids is 1. The van der Waals surface area contributed by atoms with E-state index >= 15 is 0 Å². The van der Waals surface area contributed by atoms with Gasteiger partial charge < -0.3 is 11.1 Å². The van der Waals surface area contributed by atoms with Crippen LogP contribution in [0.3, 0.4) is 0 Å². The predicted octanol–water partition coefficient (Wildman–Crippen LogP) is 2.41. The smallest absolute Gasteiger partial charge is 0.222 e. The summed E-state index contributed by atoms with van der Waals surface area (Å²) in [6, 6.07) is 3.68. The Morgan fingerprint density at radius 3 is 2.68 bits per heavy atom. The maximum atomic E-state index is 11.9. The number of nitrogens with one attached hydrogen (secondary N) is 1. The van der Waals surface area contributed by atoms with Crippen molar-refractivity contribution in [2.45, 2.75) is 52.6 Å². The molecule has 1 amide bonds. The Bertz CT molecular complexity index is 398. The van der Waals surface area contributed by atoms with Gasteiger partial charge in [0.2, 0.25) is 5.91 Å². The van der Waals surface area contributed by atoms with Crippen molar-refractivity contribution in [1.29, 1.82) is 0 Å². The number of carbonyl (C=O) groups is 1. The van der Waals surface area contributed by atoms with Gasteiger partial charge in [-0.15, -0.1) is 0 Å². The number of amides is 1. The summed E-state index contributed by atoms with van der Waals surface area (Å²) >= 11 is 0. The maximum absolute atomic E-state index is 11.9. The second-order valence-electron chi connectivity index (χ2n) is 6.30. The van der Waals surface area contributed by atoms with Crippen molar-refractivity contribution >= 4 is 5.91 Å². The second kappa shape index (κ2) is 6.66. The fourth-order valence-electron chi connectivity index (χ4n) is 2.11. The number of nitrogens with zero attached hydrogens (tertiary/aromatic N) is 1. The minimum Gasteiger partial charge on any atom is -0.349 e. The van der Waals surface area contributed by atoms with E-state index in [1.54, 1.807) is 12.4 Å². The lowest BCUT2D eigenvalue weighted by Crippen LogP contribution is -2.35. The van der Waals surface area contributed by atoms with Crippen molar-refractivity contribution in [1.82, 2.24) is 10.3 Å². The standard InChI is InChI=1S/C15H25N3O/c1-11(12-6-5-7-17-10-12)18-14(19)8-13(16)9-15(2,3)4/h5-7,10-11,13H,8-9,16H2,1-4H3,(H,18,19). The van der Waals surface area contributed by atoms with Crippen LogP contribution in [0, 0.1) is 5.41 Å². The highest BCUT2D eigenvalue weighted by Gasteiger charge is 2.19. The van der Waals surface area contributed by atoms with Crippen molar-refractivity contribution in [2.75, 3.05) is 0 Å². The molecule has 0 aliphatic carbocycles. The quantitative estimate of drug-likeness (QED) is 0.857. The molecule has 0 spiro atoms. The largest absolute Gasteiger partial charge is 0.349 e. The van der Waals surface area contributed by atoms with Crippen molar-refractivity contribution < 1.29 is 4.79 Å². The summed E-state index contributed by atoms with van der Waals surface area (Å²) in [5.41, 5.74) is 7.15. The lowest BCUT2D eigenvalue weighted by Gasteiger charge is -2.23. The van der Waals surface area contributed by atoms with E-state index in [0.29, 0.717) is 6.42 Å². The molecule has 1 aromatic heterocycles. The van der Waals surface area contributed by atoms with Crippen molar-refractivity contribution in [3.8, 4) is 0 Å². The Labute approximate surface area is 115 Å². The van der Waals surface area contributed by atoms with Gasteiger partial charge in [0, 0.05) is 24.9 Å². The van der Waals surface area contributed by atoms with Gasteiger partial charge in [0.15, 0.2) is 0 Å². The van der Waals surface area contributed by atoms with Gasteiger partial charge in [-0.25, -0.2) is 0 Å². The topological polar surface area (TPSA) is 68.0 Å². The molecule has 0 saturated carbocycles. The van der Waals surface area contributed by atoms with Crippen LogP contribution in [0.15, 0.2) is 24.5 Å². The molecule has 0 fully saturated rings. The summed E-state index contributed by atoms with van der Waals surface area (Å²) in [7, 11) is 0. The zero-order valence-electron chi connectivity index (χ0n) is 12.3. The van der Waals surface area contributed by atoms with Crippen LogP contribution in [0.1, 0.15) is 52.1 Å². The molecule has 0 radical (unpaired) electrons. The molecule has 4 heteroatoms. The highest BCUT2D eigenvalue weighted by molar-refractivity contribution is 5.77. The number of pyridine rings is 1. The first-order valence-corrected chi connectivity index (χ1v) is 6.73. The van der Waals surface area contributed by atoms with Gasteiger partial charge in [0.25, 0.3) is 0 Å². The third-order valence-corrected chi connectivity index (χ3v) is 2.88. The van der Waals surface area contributed by atoms with Gasteiger partial charge >= 0.3 is 0 Å². The number of aromatic nitrogens is 1. The van der Waals surface area contributed by atoms with E-state index < -0.39 is 0 Å². The number of hydrogen-bond acceptors (Lipinski definition) is 3. The molecule has 1 aromatic rings. The van der Waals surface area contributed by atoms with Gasteiger partial charge in [-0.2, -0.15) is 0 Å². The van der Waals surface area contributed by atoms with Gasteiger partial charge in [-0.1, -0.05) is 26.8 Å². The zero-order chi connectivity index (χ0) is 14.5. The van der Waals surface area contributed by atoms with Gasteiger partial charge in [0.05, 0.1) is 6.04 Å². The second-order valence-corrected chi connectivity index (χ2v) is 6.30. The van der Waals surface area contributed by atoms with Gasteiger partial charge in [-0.3, -0.25) is 9.78 Å². The molecular formula is C15H25N3O. The van der Waals surface area contributed by atoms with E-state index in [1.165, 1.54) is 0 Å². The summed E-state index contributed by atoms with van der Waals surface area (Å²) in [4.78, 5) is 16.0. The van der Waals surface area contributed by atoms with Crippen LogP contribution in [0.2, 0.25) is 0 Å². The predicted molar refractivity (Wildman–Crippen MR) is 77.5 cm³/mol. The van der Waals surface area contributed by atoms with Crippen LogP contribution < -0.4 is 11.1 Å². The molecule has 19 heavy (non-hydrogen) atoms. The van der Waals surface area contributed by atoms with Crippen LogP contribution in [-0.4, -0.2) is 16.9 Å². The molecule has 0 saturated heterocycles. The summed E-state index contributed by atoms with van der Waals surface area (Å²) in [6.45, 7) is 8.33. The van der Waals surface area contributed by atoms with Crippen molar-refractivity contribution in [2.24, 2.45) is 11.1 Å². The lowest BCUT2D eigenvalue weighted by atomic mass is 9.87. The van der Waals surface area contributed by atoms with Crippen LogP contribution in [0.25, 0.3) is 0 Å². The minimum atomic E-state index is -0.0962. The number of hydrogen-bond donors (Lipinski definition) is 2. The van der Waals surface area contributed by atoms with E-state index in [-0.39, 0.29) is 23.4 Å². The van der Waals surface area contributed by atoms with E-state index in [0.717, 1.165) is 12.0 Å². The molecule has 106 valence electrons. The molecule has 0 bridgehead atoms. The van der Waals surface area contributed by atoms with Crippen molar-refractivity contribution in [3.63, 3.8) is 0 Å². The van der Waals surface area contributed by atoms with Crippen LogP contribution in [0.4, 0.5) is 0 Å². The Balaban J connectivity index is 2.43. The lowest BCUT2D eigenvalue weighted by molar-refractivity contribution is -0.122. The third-order valence-electron chi connectivity index (χ3n) is 2.88. The summed E-state index contributed by atoms with van der Waals surface area (Å²) in [6.07, 6.45) is 4.68. The van der Waals surface area contributed by atoms with Crippen molar-refractivity contribution in [3.05, 3.63) is 30.1 Å². The number of nitrogens with two attached hydrogens (primary N) is 1. The van der Waals surface area contributed by atoms with Gasteiger partial charge in [-0.05, 0) is 30.4 Å². The molecule has 0 aliphatic heterocycles. The summed E-state index contributed by atoms with van der Waals surface area (Å²) in [5, 5.41) is 2.95. The molecular weight excluding hydrogens is 238 g/mol. The van der Waals surface area contributed by atoms with Gasteiger partial charge in [0.1, 0.15) is 0 Å². The zero-order valence-corrected chi connectivity index (χ0v) is 12.3. The first kappa shape index (κ1) is 15.6. The summed E-state index contributed by atoms with van der Waals surface area (Å²) < 4.78 is 0. The molecule has 4 nitrogen and oxygen atoms in total. The molecule has 2 atom stereocenters. The normalized spacial score (nSPS) is 14.8. The Morgan fingerprint density at radius 1 is 1.47 bits per heavy atom. The van der Waals surface area contributed by atoms with E-state index in [1.807, 2.05) is 19.1 Å². The van der Waals surface area contributed by atoms with Crippen LogP contribution in [0.5, 0.6) is 0 Å².